The minimum Gasteiger partial charge on any atom is -0.334 e. The molecule has 1 aliphatic rings. The maximum absolute atomic E-state index is 12.5. The van der Waals surface area contributed by atoms with Crippen molar-refractivity contribution < 1.29 is 4.79 Å². The summed E-state index contributed by atoms with van der Waals surface area (Å²) in [6.45, 7) is 11.3. The van der Waals surface area contributed by atoms with Crippen molar-refractivity contribution in [1.29, 1.82) is 0 Å². The van der Waals surface area contributed by atoms with Crippen LogP contribution in [0.2, 0.25) is 0 Å². The lowest BCUT2D eigenvalue weighted by atomic mass is 10.2. The second-order valence-corrected chi connectivity index (χ2v) is 6.18. The molecule has 4 nitrogen and oxygen atoms in total. The van der Waals surface area contributed by atoms with E-state index in [9.17, 15) is 4.79 Å². The molecular weight excluding hydrogens is 274 g/mol. The lowest BCUT2D eigenvalue weighted by molar-refractivity contribution is 0.195. The van der Waals surface area contributed by atoms with Crippen molar-refractivity contribution in [2.75, 3.05) is 19.6 Å². The minimum absolute atomic E-state index is 0.000593. The SMILES string of the molecule is C=CCN(Cc1ccccc1)C(=O)NC1CCN(C(C)C)C1. The first-order valence-corrected chi connectivity index (χ1v) is 8.04. The van der Waals surface area contributed by atoms with Gasteiger partial charge in [0.25, 0.3) is 0 Å². The van der Waals surface area contributed by atoms with E-state index in [0.29, 0.717) is 19.1 Å². The third-order valence-electron chi connectivity index (χ3n) is 4.13. The Bertz CT molecular complexity index is 486. The monoisotopic (exact) mass is 301 g/mol. The number of amides is 2. The average molecular weight is 301 g/mol. The first kappa shape index (κ1) is 16.6. The smallest absolute Gasteiger partial charge is 0.318 e. The van der Waals surface area contributed by atoms with E-state index in [2.05, 4.69) is 30.6 Å². The lowest BCUT2D eigenvalue weighted by Crippen LogP contribution is -2.46. The maximum Gasteiger partial charge on any atom is 0.318 e. The highest BCUT2D eigenvalue weighted by molar-refractivity contribution is 5.74. The van der Waals surface area contributed by atoms with Gasteiger partial charge >= 0.3 is 6.03 Å². The fourth-order valence-corrected chi connectivity index (χ4v) is 2.82. The highest BCUT2D eigenvalue weighted by Crippen LogP contribution is 2.13. The summed E-state index contributed by atoms with van der Waals surface area (Å²) in [6.07, 6.45) is 2.80. The zero-order valence-electron chi connectivity index (χ0n) is 13.7. The van der Waals surface area contributed by atoms with Crippen molar-refractivity contribution in [3.63, 3.8) is 0 Å². The zero-order valence-corrected chi connectivity index (χ0v) is 13.7. The molecule has 1 atom stereocenters. The van der Waals surface area contributed by atoms with Gasteiger partial charge in [-0.3, -0.25) is 4.90 Å². The van der Waals surface area contributed by atoms with Crippen molar-refractivity contribution in [1.82, 2.24) is 15.1 Å². The second-order valence-electron chi connectivity index (χ2n) is 6.18. The van der Waals surface area contributed by atoms with Crippen LogP contribution in [0.1, 0.15) is 25.8 Å². The van der Waals surface area contributed by atoms with E-state index in [-0.39, 0.29) is 12.1 Å². The van der Waals surface area contributed by atoms with Crippen LogP contribution in [0.4, 0.5) is 4.79 Å². The first-order chi connectivity index (χ1) is 10.6. The van der Waals surface area contributed by atoms with Crippen molar-refractivity contribution in [2.24, 2.45) is 0 Å². The second kappa shape index (κ2) is 7.99. The molecule has 2 amide bonds. The van der Waals surface area contributed by atoms with Crippen molar-refractivity contribution in [3.8, 4) is 0 Å². The molecule has 0 spiro atoms. The molecule has 22 heavy (non-hydrogen) atoms. The van der Waals surface area contributed by atoms with Gasteiger partial charge in [-0.25, -0.2) is 4.79 Å². The third-order valence-corrected chi connectivity index (χ3v) is 4.13. The molecule has 2 rings (SSSR count). The van der Waals surface area contributed by atoms with Crippen LogP contribution in [0.15, 0.2) is 43.0 Å². The number of nitrogens with one attached hydrogen (secondary N) is 1. The van der Waals surface area contributed by atoms with E-state index in [1.165, 1.54) is 0 Å². The third kappa shape index (κ3) is 4.60. The van der Waals surface area contributed by atoms with E-state index in [1.54, 1.807) is 11.0 Å². The van der Waals surface area contributed by atoms with E-state index in [1.807, 2.05) is 30.3 Å². The summed E-state index contributed by atoms with van der Waals surface area (Å²) >= 11 is 0. The molecule has 0 aliphatic carbocycles. The highest BCUT2D eigenvalue weighted by Gasteiger charge is 2.26. The van der Waals surface area contributed by atoms with Gasteiger partial charge in [0.2, 0.25) is 0 Å². The molecule has 1 unspecified atom stereocenters. The van der Waals surface area contributed by atoms with E-state index in [0.717, 1.165) is 25.1 Å². The zero-order chi connectivity index (χ0) is 15.9. The summed E-state index contributed by atoms with van der Waals surface area (Å²) in [5.41, 5.74) is 1.13. The van der Waals surface area contributed by atoms with Crippen LogP contribution in [-0.2, 0) is 6.54 Å². The van der Waals surface area contributed by atoms with Gasteiger partial charge in [0.05, 0.1) is 0 Å². The van der Waals surface area contributed by atoms with Crippen LogP contribution in [0.25, 0.3) is 0 Å². The standard InChI is InChI=1S/C18H27N3O/c1-4-11-21(13-16-8-6-5-7-9-16)18(22)19-17-10-12-20(14-17)15(2)3/h4-9,15,17H,1,10-14H2,2-3H3,(H,19,22). The Hall–Kier alpha value is -1.81. The Morgan fingerprint density at radius 1 is 1.45 bits per heavy atom. The van der Waals surface area contributed by atoms with Gasteiger partial charge in [0.15, 0.2) is 0 Å². The summed E-state index contributed by atoms with van der Waals surface area (Å²) in [5.74, 6) is 0. The topological polar surface area (TPSA) is 35.6 Å². The van der Waals surface area contributed by atoms with Crippen molar-refractivity contribution in [2.45, 2.75) is 38.9 Å². The largest absolute Gasteiger partial charge is 0.334 e. The minimum atomic E-state index is -0.000593. The number of urea groups is 1. The first-order valence-electron chi connectivity index (χ1n) is 8.04. The van der Waals surface area contributed by atoms with E-state index < -0.39 is 0 Å². The number of benzene rings is 1. The summed E-state index contributed by atoms with van der Waals surface area (Å²) in [6, 6.07) is 10.8. The molecule has 120 valence electrons. The normalized spacial score (nSPS) is 18.4. The summed E-state index contributed by atoms with van der Waals surface area (Å²) < 4.78 is 0. The van der Waals surface area contributed by atoms with Gasteiger partial charge < -0.3 is 10.2 Å². The molecule has 1 aromatic rings. The van der Waals surface area contributed by atoms with Gasteiger partial charge in [-0.15, -0.1) is 6.58 Å². The number of nitrogens with zero attached hydrogens (tertiary/aromatic N) is 2. The molecule has 1 N–H and O–H groups in total. The van der Waals surface area contributed by atoms with E-state index in [4.69, 9.17) is 0 Å². The predicted octanol–water partition coefficient (Wildman–Crippen LogP) is 2.87. The van der Waals surface area contributed by atoms with Crippen LogP contribution >= 0.6 is 0 Å². The molecule has 0 saturated carbocycles. The average Bonchev–Trinajstić information content (AvgIpc) is 2.96. The van der Waals surface area contributed by atoms with Crippen LogP contribution in [0, 0.1) is 0 Å². The molecular formula is C18H27N3O. The van der Waals surface area contributed by atoms with Gasteiger partial charge in [-0.2, -0.15) is 0 Å². The molecule has 1 heterocycles. The van der Waals surface area contributed by atoms with E-state index >= 15 is 0 Å². The van der Waals surface area contributed by atoms with Crippen LogP contribution in [0.5, 0.6) is 0 Å². The molecule has 0 aromatic heterocycles. The van der Waals surface area contributed by atoms with Crippen LogP contribution in [-0.4, -0.2) is 47.5 Å². The summed E-state index contributed by atoms with van der Waals surface area (Å²) in [4.78, 5) is 16.7. The fourth-order valence-electron chi connectivity index (χ4n) is 2.82. The number of carbonyl (C=O) groups is 1. The Labute approximate surface area is 133 Å². The number of hydrogen-bond acceptors (Lipinski definition) is 2. The van der Waals surface area contributed by atoms with Gasteiger partial charge in [-0.1, -0.05) is 36.4 Å². The molecule has 0 radical (unpaired) electrons. The molecule has 1 saturated heterocycles. The molecule has 4 heteroatoms. The molecule has 1 aliphatic heterocycles. The molecule has 1 aromatic carbocycles. The van der Waals surface area contributed by atoms with Gasteiger partial charge in [0, 0.05) is 38.3 Å². The Morgan fingerprint density at radius 2 is 2.18 bits per heavy atom. The van der Waals surface area contributed by atoms with Crippen molar-refractivity contribution >= 4 is 6.03 Å². The molecule has 0 bridgehead atoms. The number of rotatable bonds is 6. The van der Waals surface area contributed by atoms with Crippen LogP contribution < -0.4 is 5.32 Å². The van der Waals surface area contributed by atoms with Crippen molar-refractivity contribution in [3.05, 3.63) is 48.6 Å². The van der Waals surface area contributed by atoms with Gasteiger partial charge in [0.1, 0.15) is 0 Å². The maximum atomic E-state index is 12.5. The number of carbonyl (C=O) groups excluding carboxylic acids is 1. The Balaban J connectivity index is 1.91. The Morgan fingerprint density at radius 3 is 2.77 bits per heavy atom. The predicted molar refractivity (Wildman–Crippen MR) is 90.7 cm³/mol. The quantitative estimate of drug-likeness (QED) is 0.820. The summed E-state index contributed by atoms with van der Waals surface area (Å²) in [7, 11) is 0. The Kier molecular flexibility index (Phi) is 6.01. The summed E-state index contributed by atoms with van der Waals surface area (Å²) in [5, 5.41) is 3.17. The van der Waals surface area contributed by atoms with Gasteiger partial charge in [-0.05, 0) is 25.8 Å². The number of hydrogen-bond donors (Lipinski definition) is 1. The lowest BCUT2D eigenvalue weighted by Gasteiger charge is -2.25. The molecule has 1 fully saturated rings. The highest BCUT2D eigenvalue weighted by atomic mass is 16.2. The fraction of sp³-hybridized carbons (Fsp3) is 0.500. The van der Waals surface area contributed by atoms with Crippen LogP contribution in [0.3, 0.4) is 0 Å². The number of likely N-dealkylation sites (tertiary alicyclic amines) is 1.